The third-order valence-electron chi connectivity index (χ3n) is 2.45. The molecule has 2 heterocycles. The number of rotatable bonds is 1. The van der Waals surface area contributed by atoms with E-state index in [2.05, 4.69) is 9.97 Å². The molecule has 0 radical (unpaired) electrons. The molecule has 0 aliphatic carbocycles. The molecule has 1 amide bonds. The molecule has 15 heavy (non-hydrogen) atoms. The number of hydrogen-bond donors (Lipinski definition) is 2. The number of amides is 1. The number of imidazole rings is 1. The second kappa shape index (κ2) is 3.90. The van der Waals surface area contributed by atoms with Gasteiger partial charge in [0.1, 0.15) is 5.69 Å². The topological polar surface area (TPSA) is 78.2 Å². The molecule has 2 rings (SSSR count). The number of H-pyrrole nitrogens is 2. The summed E-state index contributed by atoms with van der Waals surface area (Å²) in [5, 5.41) is 0. The van der Waals surface area contributed by atoms with E-state index in [4.69, 9.17) is 4.74 Å². The van der Waals surface area contributed by atoms with Gasteiger partial charge in [0, 0.05) is 12.7 Å². The van der Waals surface area contributed by atoms with Crippen LogP contribution < -0.4 is 5.69 Å². The molecule has 1 aromatic heterocycles. The summed E-state index contributed by atoms with van der Waals surface area (Å²) in [4.78, 5) is 29.3. The number of carbonyl (C=O) groups excluding carboxylic acids is 1. The van der Waals surface area contributed by atoms with Crippen LogP contribution in [-0.2, 0) is 4.74 Å². The minimum absolute atomic E-state index is 0.0460. The number of nitrogens with zero attached hydrogens (tertiary/aromatic N) is 1. The summed E-state index contributed by atoms with van der Waals surface area (Å²) in [5.74, 6) is -0.163. The highest BCUT2D eigenvalue weighted by Crippen LogP contribution is 2.09. The molecule has 1 fully saturated rings. The molecule has 1 aliphatic rings. The Morgan fingerprint density at radius 1 is 1.67 bits per heavy atom. The Balaban J connectivity index is 2.16. The van der Waals surface area contributed by atoms with Crippen LogP contribution in [0, 0.1) is 0 Å². The van der Waals surface area contributed by atoms with Crippen molar-refractivity contribution < 1.29 is 9.53 Å². The minimum atomic E-state index is -0.362. The number of ether oxygens (including phenoxy) is 1. The molecule has 2 N–H and O–H groups in total. The van der Waals surface area contributed by atoms with Crippen LogP contribution in [0.5, 0.6) is 0 Å². The van der Waals surface area contributed by atoms with Gasteiger partial charge in [-0.3, -0.25) is 4.79 Å². The van der Waals surface area contributed by atoms with Crippen LogP contribution in [0.3, 0.4) is 0 Å². The fraction of sp³-hybridized carbons (Fsp3) is 0.556. The van der Waals surface area contributed by atoms with Crippen molar-refractivity contribution >= 4 is 5.91 Å². The molecule has 1 saturated heterocycles. The van der Waals surface area contributed by atoms with E-state index >= 15 is 0 Å². The van der Waals surface area contributed by atoms with Gasteiger partial charge < -0.3 is 19.6 Å². The Morgan fingerprint density at radius 2 is 2.47 bits per heavy atom. The van der Waals surface area contributed by atoms with Crippen molar-refractivity contribution in [1.82, 2.24) is 14.9 Å². The number of aromatic nitrogens is 2. The highest BCUT2D eigenvalue weighted by Gasteiger charge is 2.25. The van der Waals surface area contributed by atoms with Gasteiger partial charge in [0.25, 0.3) is 5.91 Å². The maximum absolute atomic E-state index is 11.9. The second-order valence-electron chi connectivity index (χ2n) is 3.58. The molecular weight excluding hydrogens is 198 g/mol. The predicted octanol–water partition coefficient (Wildman–Crippen LogP) is -0.436. The Labute approximate surface area is 86.2 Å². The Bertz CT molecular complexity index is 409. The summed E-state index contributed by atoms with van der Waals surface area (Å²) in [6.07, 6.45) is 1.40. The van der Waals surface area contributed by atoms with E-state index in [1.165, 1.54) is 6.20 Å². The third kappa shape index (κ3) is 1.94. The fourth-order valence-electron chi connectivity index (χ4n) is 1.63. The zero-order chi connectivity index (χ0) is 10.8. The average molecular weight is 211 g/mol. The van der Waals surface area contributed by atoms with Crippen molar-refractivity contribution in [3.05, 3.63) is 22.4 Å². The van der Waals surface area contributed by atoms with Crippen LogP contribution in [0.4, 0.5) is 0 Å². The first kappa shape index (κ1) is 9.97. The van der Waals surface area contributed by atoms with Crippen molar-refractivity contribution in [3.8, 4) is 0 Å². The third-order valence-corrected chi connectivity index (χ3v) is 2.45. The predicted molar refractivity (Wildman–Crippen MR) is 52.7 cm³/mol. The second-order valence-corrected chi connectivity index (χ2v) is 3.58. The van der Waals surface area contributed by atoms with Crippen LogP contribution >= 0.6 is 0 Å². The summed E-state index contributed by atoms with van der Waals surface area (Å²) in [7, 11) is 0. The van der Waals surface area contributed by atoms with Gasteiger partial charge in [-0.05, 0) is 6.92 Å². The summed E-state index contributed by atoms with van der Waals surface area (Å²) < 4.78 is 5.23. The van der Waals surface area contributed by atoms with Gasteiger partial charge in [-0.15, -0.1) is 0 Å². The van der Waals surface area contributed by atoms with E-state index < -0.39 is 0 Å². The van der Waals surface area contributed by atoms with Crippen LogP contribution in [-0.4, -0.2) is 46.6 Å². The monoisotopic (exact) mass is 211 g/mol. The highest BCUT2D eigenvalue weighted by molar-refractivity contribution is 5.92. The zero-order valence-corrected chi connectivity index (χ0v) is 8.45. The Morgan fingerprint density at radius 3 is 3.07 bits per heavy atom. The number of hydrogen-bond acceptors (Lipinski definition) is 3. The molecule has 0 spiro atoms. The van der Waals surface area contributed by atoms with E-state index in [1.54, 1.807) is 4.90 Å². The number of aromatic amines is 2. The largest absolute Gasteiger partial charge is 0.377 e. The molecule has 82 valence electrons. The normalized spacial score (nSPS) is 21.7. The molecule has 1 aliphatic heterocycles. The lowest BCUT2D eigenvalue weighted by atomic mass is 10.2. The van der Waals surface area contributed by atoms with E-state index in [1.807, 2.05) is 6.92 Å². The van der Waals surface area contributed by atoms with Crippen molar-refractivity contribution in [2.75, 3.05) is 19.8 Å². The molecule has 6 nitrogen and oxygen atoms in total. The molecular formula is C9H13N3O3. The molecule has 0 saturated carbocycles. The maximum atomic E-state index is 11.9. The van der Waals surface area contributed by atoms with Crippen LogP contribution in [0.25, 0.3) is 0 Å². The lowest BCUT2D eigenvalue weighted by molar-refractivity contribution is 0.00329. The number of morpholine rings is 1. The van der Waals surface area contributed by atoms with Gasteiger partial charge in [0.05, 0.1) is 19.3 Å². The van der Waals surface area contributed by atoms with E-state index in [-0.39, 0.29) is 17.6 Å². The van der Waals surface area contributed by atoms with Crippen molar-refractivity contribution in [3.63, 3.8) is 0 Å². The van der Waals surface area contributed by atoms with Crippen molar-refractivity contribution in [2.24, 2.45) is 0 Å². The van der Waals surface area contributed by atoms with Gasteiger partial charge in [-0.1, -0.05) is 0 Å². The Kier molecular flexibility index (Phi) is 2.59. The first-order valence-corrected chi connectivity index (χ1v) is 4.85. The van der Waals surface area contributed by atoms with Gasteiger partial charge in [-0.25, -0.2) is 4.79 Å². The fourth-order valence-corrected chi connectivity index (χ4v) is 1.63. The maximum Gasteiger partial charge on any atom is 0.323 e. The SMILES string of the molecule is C[C@@H]1COCCN1C(=O)c1c[nH]c(=O)[nH]1. The first-order chi connectivity index (χ1) is 7.18. The van der Waals surface area contributed by atoms with Gasteiger partial charge >= 0.3 is 5.69 Å². The molecule has 6 heteroatoms. The standard InChI is InChI=1S/C9H13N3O3/c1-6-5-15-3-2-12(6)8(13)7-4-10-9(14)11-7/h4,6H,2-3,5H2,1H3,(H2,10,11,14)/t6-/m1/s1. The first-order valence-electron chi connectivity index (χ1n) is 4.85. The molecule has 0 aromatic carbocycles. The van der Waals surface area contributed by atoms with Gasteiger partial charge in [-0.2, -0.15) is 0 Å². The number of nitrogens with one attached hydrogen (secondary N) is 2. The molecule has 0 unspecified atom stereocenters. The molecule has 1 aromatic rings. The molecule has 1 atom stereocenters. The van der Waals surface area contributed by atoms with E-state index in [0.717, 1.165) is 0 Å². The average Bonchev–Trinajstić information content (AvgIpc) is 2.65. The summed E-state index contributed by atoms with van der Waals surface area (Å²) in [5.41, 5.74) is -0.0620. The van der Waals surface area contributed by atoms with Crippen LogP contribution in [0.15, 0.2) is 11.0 Å². The summed E-state index contributed by atoms with van der Waals surface area (Å²) in [6, 6.07) is 0.0460. The molecule has 0 bridgehead atoms. The van der Waals surface area contributed by atoms with Crippen LogP contribution in [0.2, 0.25) is 0 Å². The lowest BCUT2D eigenvalue weighted by Crippen LogP contribution is -2.47. The smallest absolute Gasteiger partial charge is 0.323 e. The highest BCUT2D eigenvalue weighted by atomic mass is 16.5. The quantitative estimate of drug-likeness (QED) is 0.661. The number of carbonyl (C=O) groups is 1. The lowest BCUT2D eigenvalue weighted by Gasteiger charge is -2.32. The van der Waals surface area contributed by atoms with Gasteiger partial charge in [0.15, 0.2) is 0 Å². The summed E-state index contributed by atoms with van der Waals surface area (Å²) in [6.45, 7) is 3.57. The van der Waals surface area contributed by atoms with E-state index in [0.29, 0.717) is 25.5 Å². The van der Waals surface area contributed by atoms with Crippen LogP contribution in [0.1, 0.15) is 17.4 Å². The van der Waals surface area contributed by atoms with Crippen molar-refractivity contribution in [1.29, 1.82) is 0 Å². The Hall–Kier alpha value is -1.56. The summed E-state index contributed by atoms with van der Waals surface area (Å²) >= 11 is 0. The van der Waals surface area contributed by atoms with E-state index in [9.17, 15) is 9.59 Å². The minimum Gasteiger partial charge on any atom is -0.377 e. The zero-order valence-electron chi connectivity index (χ0n) is 8.45. The van der Waals surface area contributed by atoms with Gasteiger partial charge in [0.2, 0.25) is 0 Å². The van der Waals surface area contributed by atoms with Crippen molar-refractivity contribution in [2.45, 2.75) is 13.0 Å².